The number of hydrogen-bond donors (Lipinski definition) is 1. The highest BCUT2D eigenvalue weighted by molar-refractivity contribution is 5.67. The van der Waals surface area contributed by atoms with Crippen LogP contribution in [0.1, 0.15) is 51.5 Å². The second kappa shape index (κ2) is 9.16. The van der Waals surface area contributed by atoms with Crippen LogP contribution in [0, 0.1) is 29.5 Å². The highest BCUT2D eigenvalue weighted by Gasteiger charge is 2.61. The van der Waals surface area contributed by atoms with Crippen LogP contribution in [-0.2, 0) is 14.5 Å². The number of hydrogen-bond acceptors (Lipinski definition) is 5. The predicted molar refractivity (Wildman–Crippen MR) is 137 cm³/mol. The molecule has 2 aromatic carbocycles. The van der Waals surface area contributed by atoms with E-state index in [4.69, 9.17) is 19.2 Å². The molecule has 192 valence electrons. The highest BCUT2D eigenvalue weighted by Crippen LogP contribution is 2.60. The van der Waals surface area contributed by atoms with Gasteiger partial charge in [0.2, 0.25) is 5.79 Å². The molecule has 0 amide bonds. The van der Waals surface area contributed by atoms with E-state index < -0.39 is 11.4 Å². The second-order valence-electron chi connectivity index (χ2n) is 11.8. The largest absolute Gasteiger partial charge is 0.486 e. The fourth-order valence-electron chi connectivity index (χ4n) is 6.92. The molecule has 1 N–H and O–H groups in total. The van der Waals surface area contributed by atoms with E-state index in [0.29, 0.717) is 25.0 Å². The van der Waals surface area contributed by atoms with Crippen molar-refractivity contribution in [3.63, 3.8) is 0 Å². The summed E-state index contributed by atoms with van der Waals surface area (Å²) >= 11 is 0. The normalized spacial score (nSPS) is 33.0. The van der Waals surface area contributed by atoms with Gasteiger partial charge in [0, 0.05) is 17.5 Å². The zero-order valence-electron chi connectivity index (χ0n) is 21.2. The van der Waals surface area contributed by atoms with Gasteiger partial charge in [-0.1, -0.05) is 18.7 Å². The summed E-state index contributed by atoms with van der Waals surface area (Å²) in [4.78, 5) is 12.1. The molecule has 2 aromatic rings. The lowest BCUT2D eigenvalue weighted by molar-refractivity contribution is -0.517. The highest BCUT2D eigenvalue weighted by atomic mass is 19.1. The molecule has 5 aliphatic rings. The van der Waals surface area contributed by atoms with Gasteiger partial charge in [-0.05, 0) is 105 Å². The number of halogens is 1. The first kappa shape index (κ1) is 24.0. The summed E-state index contributed by atoms with van der Waals surface area (Å²) in [5.74, 6) is 2.59. The van der Waals surface area contributed by atoms with E-state index in [1.165, 1.54) is 44.2 Å². The van der Waals surface area contributed by atoms with Gasteiger partial charge >= 0.3 is 0 Å². The van der Waals surface area contributed by atoms with Crippen molar-refractivity contribution in [1.29, 1.82) is 0 Å². The minimum Gasteiger partial charge on any atom is -0.486 e. The number of nitrogens with one attached hydrogen (secondary N) is 1. The number of ether oxygens (including phenoxy) is 2. The third-order valence-electron chi connectivity index (χ3n) is 8.60. The van der Waals surface area contributed by atoms with E-state index in [1.807, 2.05) is 38.1 Å². The van der Waals surface area contributed by atoms with Crippen LogP contribution in [0.15, 0.2) is 55.1 Å². The zero-order valence-corrected chi connectivity index (χ0v) is 21.2. The van der Waals surface area contributed by atoms with Crippen LogP contribution in [-0.4, -0.2) is 30.6 Å². The summed E-state index contributed by atoms with van der Waals surface area (Å²) in [6, 6.07) is 14.2. The third kappa shape index (κ3) is 4.55. The summed E-state index contributed by atoms with van der Waals surface area (Å²) in [5, 5.41) is 3.30. The Morgan fingerprint density at radius 2 is 1.64 bits per heavy atom. The Labute approximate surface area is 212 Å². The second-order valence-corrected chi connectivity index (χ2v) is 11.8. The first-order valence-corrected chi connectivity index (χ1v) is 13.3. The van der Waals surface area contributed by atoms with Crippen molar-refractivity contribution < 1.29 is 23.6 Å². The number of rotatable bonds is 7. The van der Waals surface area contributed by atoms with Crippen LogP contribution in [0.4, 0.5) is 10.1 Å². The molecule has 36 heavy (non-hydrogen) atoms. The first-order valence-electron chi connectivity index (χ1n) is 13.3. The molecule has 5 nitrogen and oxygen atoms in total. The van der Waals surface area contributed by atoms with Crippen molar-refractivity contribution in [2.24, 2.45) is 23.7 Å². The quantitative estimate of drug-likeness (QED) is 0.440. The Bertz CT molecular complexity index is 1060. The molecule has 1 aliphatic heterocycles. The van der Waals surface area contributed by atoms with Gasteiger partial charge in [0.1, 0.15) is 23.3 Å². The molecular formula is C30H36FNO4. The molecule has 1 heterocycles. The van der Waals surface area contributed by atoms with Crippen molar-refractivity contribution in [2.75, 3.05) is 18.5 Å². The molecule has 6 heteroatoms. The molecular weight excluding hydrogens is 457 g/mol. The molecule has 4 bridgehead atoms. The number of benzene rings is 2. The fraction of sp³-hybridized carbons (Fsp3) is 0.533. The van der Waals surface area contributed by atoms with Gasteiger partial charge in [-0.2, -0.15) is 4.89 Å². The van der Waals surface area contributed by atoms with Crippen LogP contribution >= 0.6 is 0 Å². The van der Waals surface area contributed by atoms with Gasteiger partial charge in [0.05, 0.1) is 13.2 Å². The number of anilines is 1. The molecule has 4 saturated carbocycles. The average Bonchev–Trinajstić information content (AvgIpc) is 2.87. The third-order valence-corrected chi connectivity index (χ3v) is 8.60. The lowest BCUT2D eigenvalue weighted by Crippen LogP contribution is -2.63. The van der Waals surface area contributed by atoms with Crippen molar-refractivity contribution in [3.8, 4) is 5.75 Å². The van der Waals surface area contributed by atoms with Crippen LogP contribution in [0.2, 0.25) is 0 Å². The summed E-state index contributed by atoms with van der Waals surface area (Å²) in [6.07, 6.45) is 5.90. The van der Waals surface area contributed by atoms with E-state index >= 15 is 0 Å². The summed E-state index contributed by atoms with van der Waals surface area (Å²) < 4.78 is 25.8. The summed E-state index contributed by atoms with van der Waals surface area (Å²) in [6.45, 7) is 9.36. The molecule has 7 rings (SSSR count). The van der Waals surface area contributed by atoms with E-state index in [1.54, 1.807) is 12.1 Å². The molecule has 1 unspecified atom stereocenters. The molecule has 1 saturated heterocycles. The zero-order chi connectivity index (χ0) is 24.9. The van der Waals surface area contributed by atoms with E-state index in [0.717, 1.165) is 34.4 Å². The maximum Gasteiger partial charge on any atom is 0.207 e. The maximum atomic E-state index is 13.1. The lowest BCUT2D eigenvalue weighted by atomic mass is 9.53. The van der Waals surface area contributed by atoms with Crippen molar-refractivity contribution in [2.45, 2.75) is 63.4 Å². The van der Waals surface area contributed by atoms with Crippen LogP contribution in [0.3, 0.4) is 0 Å². The van der Waals surface area contributed by atoms with Crippen LogP contribution < -0.4 is 10.1 Å². The molecule has 1 atom stereocenters. The van der Waals surface area contributed by atoms with Crippen LogP contribution in [0.25, 0.3) is 5.57 Å². The summed E-state index contributed by atoms with van der Waals surface area (Å²) in [5.41, 5.74) is 2.21. The monoisotopic (exact) mass is 493 g/mol. The van der Waals surface area contributed by atoms with Gasteiger partial charge in [0.15, 0.2) is 0 Å². The lowest BCUT2D eigenvalue weighted by Gasteiger charge is -2.60. The van der Waals surface area contributed by atoms with Gasteiger partial charge in [0.25, 0.3) is 0 Å². The Morgan fingerprint density at radius 1 is 1.00 bits per heavy atom. The SMILES string of the molecule is C=C(c1ccc(OC(C)(C)CNc2ccc(F)cc2)cc1)C1COC2(OO1)C1CC3CC(C1)CC2C3. The van der Waals surface area contributed by atoms with Gasteiger partial charge in [-0.15, -0.1) is 0 Å². The van der Waals surface area contributed by atoms with Crippen molar-refractivity contribution in [3.05, 3.63) is 66.5 Å². The van der Waals surface area contributed by atoms with Crippen LogP contribution in [0.5, 0.6) is 5.75 Å². The molecule has 0 radical (unpaired) electrons. The van der Waals surface area contributed by atoms with Gasteiger partial charge in [-0.25, -0.2) is 9.28 Å². The van der Waals surface area contributed by atoms with Gasteiger partial charge < -0.3 is 14.8 Å². The average molecular weight is 494 g/mol. The minimum absolute atomic E-state index is 0.248. The molecule has 1 spiro atoms. The standard InChI is InChI=1S/C30H36FNO4/c1-19(28-17-33-30(36-35-28)23-13-20-12-21(15-23)16-24(30)14-20)22-4-10-27(11-5-22)34-29(2,3)18-32-26-8-6-25(31)7-9-26/h4-11,20-21,23-24,28,32H,1,12-18H2,2-3H3. The smallest absolute Gasteiger partial charge is 0.207 e. The topological polar surface area (TPSA) is 49.0 Å². The summed E-state index contributed by atoms with van der Waals surface area (Å²) in [7, 11) is 0. The molecule has 5 fully saturated rings. The van der Waals surface area contributed by atoms with Gasteiger partial charge in [-0.3, -0.25) is 0 Å². The Morgan fingerprint density at radius 3 is 2.22 bits per heavy atom. The fourth-order valence-corrected chi connectivity index (χ4v) is 6.92. The van der Waals surface area contributed by atoms with E-state index in [2.05, 4.69) is 11.9 Å². The van der Waals surface area contributed by atoms with Crippen molar-refractivity contribution >= 4 is 11.3 Å². The Kier molecular flexibility index (Phi) is 6.09. The molecule has 4 aliphatic carbocycles. The minimum atomic E-state index is -0.546. The van der Waals surface area contributed by atoms with E-state index in [-0.39, 0.29) is 11.9 Å². The predicted octanol–water partition coefficient (Wildman–Crippen LogP) is 6.61. The van der Waals surface area contributed by atoms with E-state index in [9.17, 15) is 4.39 Å². The molecule has 0 aromatic heterocycles. The van der Waals surface area contributed by atoms with Crippen molar-refractivity contribution in [1.82, 2.24) is 0 Å². The first-order chi connectivity index (χ1) is 17.3. The Hall–Kier alpha value is -2.41. The maximum absolute atomic E-state index is 13.1. The Balaban J connectivity index is 1.03.